The maximum absolute atomic E-state index is 13.9. The number of thiazole rings is 1. The summed E-state index contributed by atoms with van der Waals surface area (Å²) in [6.07, 6.45) is 2.40. The van der Waals surface area contributed by atoms with E-state index in [2.05, 4.69) is 0 Å². The Bertz CT molecular complexity index is 1520. The molecule has 4 aromatic rings. The lowest BCUT2D eigenvalue weighted by atomic mass is 9.96. The first-order valence-corrected chi connectivity index (χ1v) is 14.5. The third-order valence-corrected chi connectivity index (χ3v) is 9.93. The molecule has 2 aromatic carbocycles. The van der Waals surface area contributed by atoms with E-state index >= 15 is 0 Å². The minimum absolute atomic E-state index is 0.0985. The Morgan fingerprint density at radius 2 is 1.84 bits per heavy atom. The molecule has 0 saturated carbocycles. The molecule has 0 N–H and O–H groups in total. The Hall–Kier alpha value is -3.41. The number of furan rings is 1. The van der Waals surface area contributed by atoms with Crippen LogP contribution in [-0.4, -0.2) is 50.9 Å². The maximum atomic E-state index is 13.9. The number of ether oxygens (including phenoxy) is 2. The van der Waals surface area contributed by atoms with E-state index in [-0.39, 0.29) is 36.4 Å². The minimum Gasteiger partial charge on any atom is -0.497 e. The predicted octanol–water partition coefficient (Wildman–Crippen LogP) is 4.85. The topological polar surface area (TPSA) is 102 Å². The summed E-state index contributed by atoms with van der Waals surface area (Å²) in [4.78, 5) is 20.5. The zero-order valence-electron chi connectivity index (χ0n) is 21.4. The second-order valence-electron chi connectivity index (χ2n) is 9.12. The zero-order chi connectivity index (χ0) is 26.9. The number of anilines is 1. The van der Waals surface area contributed by atoms with Gasteiger partial charge in [0.05, 0.1) is 36.6 Å². The summed E-state index contributed by atoms with van der Waals surface area (Å²) in [5.74, 6) is 1.43. The van der Waals surface area contributed by atoms with E-state index in [9.17, 15) is 13.2 Å². The normalized spacial score (nSPS) is 15.0. The molecule has 11 heteroatoms. The molecular formula is C27H29N3O6S2. The van der Waals surface area contributed by atoms with Gasteiger partial charge in [-0.05, 0) is 67.8 Å². The van der Waals surface area contributed by atoms with Gasteiger partial charge in [-0.1, -0.05) is 17.4 Å². The fourth-order valence-electron chi connectivity index (χ4n) is 4.64. The smallest absolute Gasteiger partial charge is 0.243 e. The largest absolute Gasteiger partial charge is 0.497 e. The number of hydrogen-bond acceptors (Lipinski definition) is 8. The summed E-state index contributed by atoms with van der Waals surface area (Å²) in [5.41, 5.74) is 1.76. The Kier molecular flexibility index (Phi) is 7.42. The molecule has 1 saturated heterocycles. The van der Waals surface area contributed by atoms with Crippen molar-refractivity contribution >= 4 is 42.6 Å². The van der Waals surface area contributed by atoms with E-state index in [0.717, 1.165) is 10.3 Å². The third kappa shape index (κ3) is 5.01. The number of aromatic nitrogens is 1. The number of fused-ring (bicyclic) bond motifs is 1. The summed E-state index contributed by atoms with van der Waals surface area (Å²) in [7, 11) is -0.532. The molecule has 1 amide bonds. The van der Waals surface area contributed by atoms with Crippen molar-refractivity contribution in [3.05, 3.63) is 66.1 Å². The summed E-state index contributed by atoms with van der Waals surface area (Å²) in [5, 5.41) is 0.558. The Labute approximate surface area is 225 Å². The quantitative estimate of drug-likeness (QED) is 0.306. The van der Waals surface area contributed by atoms with Crippen LogP contribution in [0.25, 0.3) is 10.2 Å². The van der Waals surface area contributed by atoms with Crippen LogP contribution in [0, 0.1) is 12.8 Å². The zero-order valence-corrected chi connectivity index (χ0v) is 23.0. The van der Waals surface area contributed by atoms with Crippen LogP contribution in [0.1, 0.15) is 24.2 Å². The molecular weight excluding hydrogens is 526 g/mol. The number of sulfonamides is 1. The molecule has 2 aromatic heterocycles. The van der Waals surface area contributed by atoms with E-state index in [1.807, 2.05) is 25.1 Å². The summed E-state index contributed by atoms with van der Waals surface area (Å²) in [6.45, 7) is 2.75. The van der Waals surface area contributed by atoms with Crippen LogP contribution in [0.2, 0.25) is 0 Å². The van der Waals surface area contributed by atoms with Gasteiger partial charge in [-0.25, -0.2) is 13.4 Å². The average molecular weight is 556 g/mol. The van der Waals surface area contributed by atoms with Crippen molar-refractivity contribution in [3.8, 4) is 11.5 Å². The van der Waals surface area contributed by atoms with Gasteiger partial charge in [0, 0.05) is 19.0 Å². The second kappa shape index (κ2) is 10.8. The molecule has 0 spiro atoms. The molecule has 200 valence electrons. The van der Waals surface area contributed by atoms with Gasteiger partial charge in [0.2, 0.25) is 15.9 Å². The van der Waals surface area contributed by atoms with E-state index in [0.29, 0.717) is 40.7 Å². The fourth-order valence-corrected chi connectivity index (χ4v) is 7.16. The van der Waals surface area contributed by atoms with Crippen LogP contribution in [0.15, 0.2) is 64.1 Å². The number of benzene rings is 2. The van der Waals surface area contributed by atoms with Crippen molar-refractivity contribution in [3.63, 3.8) is 0 Å². The van der Waals surface area contributed by atoms with Crippen molar-refractivity contribution in [2.45, 2.75) is 31.2 Å². The number of aryl methyl sites for hydroxylation is 1. The highest BCUT2D eigenvalue weighted by atomic mass is 32.2. The van der Waals surface area contributed by atoms with E-state index < -0.39 is 10.0 Å². The van der Waals surface area contributed by atoms with Crippen LogP contribution >= 0.6 is 11.3 Å². The lowest BCUT2D eigenvalue weighted by Crippen LogP contribution is -2.44. The summed E-state index contributed by atoms with van der Waals surface area (Å²) >= 11 is 1.44. The molecule has 5 rings (SSSR count). The van der Waals surface area contributed by atoms with Crippen molar-refractivity contribution in [2.24, 2.45) is 5.92 Å². The SMILES string of the molecule is COc1ccc(S(=O)(=O)N2CCC(C(=O)N(Cc3ccco3)c3nc4c(OC)ccc(C)c4s3)CC2)cc1. The molecule has 1 aliphatic rings. The molecule has 1 aliphatic heterocycles. The molecule has 1 fully saturated rings. The number of amides is 1. The number of piperidine rings is 1. The highest BCUT2D eigenvalue weighted by Gasteiger charge is 2.35. The lowest BCUT2D eigenvalue weighted by Gasteiger charge is -2.32. The van der Waals surface area contributed by atoms with Gasteiger partial charge in [-0.2, -0.15) is 4.31 Å². The lowest BCUT2D eigenvalue weighted by molar-refractivity contribution is -0.123. The maximum Gasteiger partial charge on any atom is 0.243 e. The first-order valence-electron chi connectivity index (χ1n) is 12.2. The highest BCUT2D eigenvalue weighted by molar-refractivity contribution is 7.89. The first kappa shape index (κ1) is 26.2. The van der Waals surface area contributed by atoms with Crippen molar-refractivity contribution in [1.82, 2.24) is 9.29 Å². The molecule has 9 nitrogen and oxygen atoms in total. The van der Waals surface area contributed by atoms with Crippen LogP contribution < -0.4 is 14.4 Å². The number of carbonyl (C=O) groups is 1. The fraction of sp³-hybridized carbons (Fsp3) is 0.333. The molecule has 0 aliphatic carbocycles. The number of methoxy groups -OCH3 is 2. The Morgan fingerprint density at radius 1 is 1.11 bits per heavy atom. The second-order valence-corrected chi connectivity index (χ2v) is 12.0. The van der Waals surface area contributed by atoms with Crippen LogP contribution in [0.3, 0.4) is 0 Å². The monoisotopic (exact) mass is 555 g/mol. The van der Waals surface area contributed by atoms with Gasteiger partial charge in [-0.3, -0.25) is 9.69 Å². The van der Waals surface area contributed by atoms with Crippen LogP contribution in [0.5, 0.6) is 11.5 Å². The van der Waals surface area contributed by atoms with Gasteiger partial charge in [0.1, 0.15) is 22.8 Å². The Balaban J connectivity index is 1.38. The van der Waals surface area contributed by atoms with Crippen molar-refractivity contribution in [2.75, 3.05) is 32.2 Å². The van der Waals surface area contributed by atoms with Crippen LogP contribution in [0.4, 0.5) is 5.13 Å². The summed E-state index contributed by atoms with van der Waals surface area (Å²) in [6, 6.07) is 13.8. The minimum atomic E-state index is -3.67. The van der Waals surface area contributed by atoms with Crippen molar-refractivity contribution < 1.29 is 27.1 Å². The van der Waals surface area contributed by atoms with E-state index in [1.165, 1.54) is 22.8 Å². The van der Waals surface area contributed by atoms with Gasteiger partial charge in [0.15, 0.2) is 5.13 Å². The Morgan fingerprint density at radius 3 is 2.47 bits per heavy atom. The third-order valence-electron chi connectivity index (χ3n) is 6.80. The van der Waals surface area contributed by atoms with E-state index in [4.69, 9.17) is 18.9 Å². The number of rotatable bonds is 8. The molecule has 3 heterocycles. The molecule has 0 bridgehead atoms. The predicted molar refractivity (Wildman–Crippen MR) is 145 cm³/mol. The van der Waals surface area contributed by atoms with Crippen molar-refractivity contribution in [1.29, 1.82) is 0 Å². The molecule has 0 atom stereocenters. The summed E-state index contributed by atoms with van der Waals surface area (Å²) < 4.78 is 45.0. The number of hydrogen-bond donors (Lipinski definition) is 0. The first-order chi connectivity index (χ1) is 18.3. The molecule has 0 radical (unpaired) electrons. The standard InChI is InChI=1S/C27H29N3O6S2/c1-18-6-11-23(35-3)24-25(18)37-27(28-24)30(17-21-5-4-16-36-21)26(31)19-12-14-29(15-13-19)38(32,33)22-9-7-20(34-2)8-10-22/h4-11,16,19H,12-15,17H2,1-3H3. The van der Waals surface area contributed by atoms with Gasteiger partial charge >= 0.3 is 0 Å². The molecule has 38 heavy (non-hydrogen) atoms. The highest BCUT2D eigenvalue weighted by Crippen LogP contribution is 2.38. The molecule has 0 unspecified atom stereocenters. The van der Waals surface area contributed by atoms with E-state index in [1.54, 1.807) is 48.6 Å². The van der Waals surface area contributed by atoms with Gasteiger partial charge in [-0.15, -0.1) is 0 Å². The average Bonchev–Trinajstić information content (AvgIpc) is 3.62. The van der Waals surface area contributed by atoms with Gasteiger partial charge in [0.25, 0.3) is 0 Å². The number of nitrogens with zero attached hydrogens (tertiary/aromatic N) is 3. The number of carbonyl (C=O) groups excluding carboxylic acids is 1. The van der Waals surface area contributed by atoms with Crippen LogP contribution in [-0.2, 0) is 21.4 Å². The van der Waals surface area contributed by atoms with Gasteiger partial charge < -0.3 is 13.9 Å².